The molecule has 10 nitrogen and oxygen atoms in total. The minimum Gasteiger partial charge on any atom is -0.423 e. The number of primary amides is 1. The Balaban J connectivity index is 1.60. The van der Waals surface area contributed by atoms with Crippen LogP contribution in [0, 0.1) is 0 Å². The van der Waals surface area contributed by atoms with Crippen molar-refractivity contribution >= 4 is 30.0 Å². The third-order valence-corrected chi connectivity index (χ3v) is 4.31. The number of benzene rings is 1. The number of pyridine rings is 1. The minimum absolute atomic E-state index is 0.323. The fourth-order valence-corrected chi connectivity index (χ4v) is 2.93. The van der Waals surface area contributed by atoms with Crippen molar-refractivity contribution in [2.45, 2.75) is 6.54 Å². The maximum absolute atomic E-state index is 11.6. The number of carbonyl (C=O) groups excluding carboxylic acids is 1. The first-order chi connectivity index (χ1) is 14.0. The zero-order chi connectivity index (χ0) is 20.4. The largest absolute Gasteiger partial charge is 0.488 e. The predicted molar refractivity (Wildman–Crippen MR) is 106 cm³/mol. The molecule has 0 spiro atoms. The van der Waals surface area contributed by atoms with Crippen molar-refractivity contribution in [2.24, 2.45) is 5.73 Å². The summed E-state index contributed by atoms with van der Waals surface area (Å²) in [5.74, 6) is 0.547. The number of nitrogens with two attached hydrogens (primary N) is 1. The molecule has 3 heterocycles. The second-order valence-corrected chi connectivity index (χ2v) is 6.23. The fraction of sp³-hybridized carbons (Fsp3) is 0.0556. The molecule has 4 rings (SSSR count). The van der Waals surface area contributed by atoms with Gasteiger partial charge in [-0.25, -0.2) is 15.0 Å². The monoisotopic (exact) mass is 389 g/mol. The van der Waals surface area contributed by atoms with Crippen LogP contribution in [0.15, 0.2) is 55.1 Å². The van der Waals surface area contributed by atoms with E-state index in [2.05, 4.69) is 25.3 Å². The molecule has 0 bridgehead atoms. The van der Waals surface area contributed by atoms with Crippen LogP contribution >= 0.6 is 0 Å². The number of anilines is 1. The van der Waals surface area contributed by atoms with E-state index in [0.29, 0.717) is 40.7 Å². The van der Waals surface area contributed by atoms with E-state index in [1.165, 1.54) is 12.5 Å². The molecule has 1 amide bonds. The van der Waals surface area contributed by atoms with Crippen LogP contribution < -0.4 is 16.5 Å². The highest BCUT2D eigenvalue weighted by Gasteiger charge is 2.15. The molecule has 1 aromatic carbocycles. The topological polar surface area (TPSA) is 152 Å². The quantitative estimate of drug-likeness (QED) is 0.325. The number of nitrogens with one attached hydrogen (secondary N) is 1. The Labute approximate surface area is 165 Å². The summed E-state index contributed by atoms with van der Waals surface area (Å²) in [6, 6.07) is 10.2. The van der Waals surface area contributed by atoms with Crippen LogP contribution in [0.25, 0.3) is 17.2 Å². The Morgan fingerprint density at radius 1 is 1.17 bits per heavy atom. The van der Waals surface area contributed by atoms with Crippen molar-refractivity contribution in [1.29, 1.82) is 0 Å². The van der Waals surface area contributed by atoms with E-state index in [-0.39, 0.29) is 0 Å². The number of imidazole rings is 1. The Morgan fingerprint density at radius 3 is 2.83 bits per heavy atom. The van der Waals surface area contributed by atoms with Crippen molar-refractivity contribution < 1.29 is 14.8 Å². The molecule has 0 aliphatic heterocycles. The Morgan fingerprint density at radius 2 is 2.03 bits per heavy atom. The standard InChI is InChI=1S/C18H16BN7O3/c20-15(27)13-5-2-6-26-14(13)9-21-17(26)16-23-10-24-18(25-16)22-8-11-3-1-4-12(7-11)19(28)29/h1-7,9-10,28-29H,8H2,(H2,20,27)(H,22,23,24,25). The lowest BCUT2D eigenvalue weighted by Gasteiger charge is -2.08. The van der Waals surface area contributed by atoms with Crippen molar-refractivity contribution in [3.05, 3.63) is 66.2 Å². The number of nitrogens with zero attached hydrogens (tertiary/aromatic N) is 5. The van der Waals surface area contributed by atoms with Gasteiger partial charge in [0.25, 0.3) is 5.91 Å². The Bertz CT molecular complexity index is 1200. The van der Waals surface area contributed by atoms with Gasteiger partial charge in [0.05, 0.1) is 17.3 Å². The third-order valence-electron chi connectivity index (χ3n) is 4.31. The molecule has 0 atom stereocenters. The van der Waals surface area contributed by atoms with Crippen molar-refractivity contribution in [2.75, 3.05) is 5.32 Å². The zero-order valence-corrected chi connectivity index (χ0v) is 15.1. The summed E-state index contributed by atoms with van der Waals surface area (Å²) in [5.41, 5.74) is 7.55. The van der Waals surface area contributed by atoms with Crippen molar-refractivity contribution in [3.63, 3.8) is 0 Å². The zero-order valence-electron chi connectivity index (χ0n) is 15.1. The molecule has 0 aliphatic rings. The molecule has 29 heavy (non-hydrogen) atoms. The summed E-state index contributed by atoms with van der Waals surface area (Å²) in [7, 11) is -1.53. The molecule has 0 unspecified atom stereocenters. The Kier molecular flexibility index (Phi) is 4.89. The first kappa shape index (κ1) is 18.5. The number of aromatic nitrogens is 5. The molecule has 0 fully saturated rings. The maximum atomic E-state index is 11.6. The molecule has 11 heteroatoms. The fourth-order valence-electron chi connectivity index (χ4n) is 2.93. The average Bonchev–Trinajstić information content (AvgIpc) is 3.17. The smallest absolute Gasteiger partial charge is 0.423 e. The van der Waals surface area contributed by atoms with E-state index in [0.717, 1.165) is 5.56 Å². The van der Waals surface area contributed by atoms with E-state index < -0.39 is 13.0 Å². The van der Waals surface area contributed by atoms with E-state index in [4.69, 9.17) is 5.73 Å². The SMILES string of the molecule is NC(=O)c1cccn2c(-c3ncnc(NCc4cccc(B(O)O)c4)n3)ncc12. The molecule has 144 valence electrons. The van der Waals surface area contributed by atoms with Crippen molar-refractivity contribution in [1.82, 2.24) is 24.3 Å². The minimum atomic E-state index is -1.53. The number of amides is 1. The van der Waals surface area contributed by atoms with Gasteiger partial charge in [-0.1, -0.05) is 24.3 Å². The lowest BCUT2D eigenvalue weighted by molar-refractivity contribution is 0.100. The van der Waals surface area contributed by atoms with Gasteiger partial charge in [-0.2, -0.15) is 4.98 Å². The second kappa shape index (κ2) is 7.66. The van der Waals surface area contributed by atoms with Crippen LogP contribution in [0.1, 0.15) is 15.9 Å². The highest BCUT2D eigenvalue weighted by atomic mass is 16.4. The molecule has 0 radical (unpaired) electrons. The number of rotatable bonds is 6. The predicted octanol–water partition coefficient (Wildman–Crippen LogP) is -0.423. The summed E-state index contributed by atoms with van der Waals surface area (Å²) in [6.07, 6.45) is 4.64. The van der Waals surface area contributed by atoms with E-state index in [9.17, 15) is 14.8 Å². The van der Waals surface area contributed by atoms with Crippen LogP contribution in [-0.2, 0) is 6.54 Å². The van der Waals surface area contributed by atoms with Crippen LogP contribution in [0.3, 0.4) is 0 Å². The van der Waals surface area contributed by atoms with Crippen LogP contribution in [-0.4, -0.2) is 47.4 Å². The summed E-state index contributed by atoms with van der Waals surface area (Å²) in [4.78, 5) is 28.6. The van der Waals surface area contributed by atoms with Gasteiger partial charge < -0.3 is 21.1 Å². The van der Waals surface area contributed by atoms with Gasteiger partial charge in [0.15, 0.2) is 5.82 Å². The van der Waals surface area contributed by atoms with Gasteiger partial charge >= 0.3 is 7.12 Å². The van der Waals surface area contributed by atoms with Gasteiger partial charge in [-0.05, 0) is 23.2 Å². The summed E-state index contributed by atoms with van der Waals surface area (Å²) in [6.45, 7) is 0.373. The molecular formula is C18H16BN7O3. The van der Waals surface area contributed by atoms with Gasteiger partial charge in [0.1, 0.15) is 6.33 Å². The van der Waals surface area contributed by atoms with E-state index in [1.807, 2.05) is 6.07 Å². The number of hydrogen-bond donors (Lipinski definition) is 4. The summed E-state index contributed by atoms with van der Waals surface area (Å²) >= 11 is 0. The highest BCUT2D eigenvalue weighted by Crippen LogP contribution is 2.19. The number of hydrogen-bond acceptors (Lipinski definition) is 8. The molecule has 5 N–H and O–H groups in total. The number of fused-ring (bicyclic) bond motifs is 1. The van der Waals surface area contributed by atoms with Crippen LogP contribution in [0.2, 0.25) is 0 Å². The molecule has 0 aliphatic carbocycles. The normalized spacial score (nSPS) is 10.8. The lowest BCUT2D eigenvalue weighted by atomic mass is 9.80. The van der Waals surface area contributed by atoms with Gasteiger partial charge in [0.2, 0.25) is 11.8 Å². The van der Waals surface area contributed by atoms with Gasteiger partial charge in [-0.3, -0.25) is 9.20 Å². The second-order valence-electron chi connectivity index (χ2n) is 6.23. The van der Waals surface area contributed by atoms with Crippen molar-refractivity contribution in [3.8, 4) is 11.6 Å². The van der Waals surface area contributed by atoms with E-state index >= 15 is 0 Å². The first-order valence-corrected chi connectivity index (χ1v) is 8.67. The first-order valence-electron chi connectivity index (χ1n) is 8.67. The van der Waals surface area contributed by atoms with Gasteiger partial charge in [0, 0.05) is 12.7 Å². The molecule has 4 aromatic rings. The number of carbonyl (C=O) groups is 1. The van der Waals surface area contributed by atoms with Crippen LogP contribution in [0.5, 0.6) is 0 Å². The lowest BCUT2D eigenvalue weighted by Crippen LogP contribution is -2.30. The molecule has 0 saturated heterocycles. The summed E-state index contributed by atoms with van der Waals surface area (Å²) in [5, 5.41) is 21.6. The van der Waals surface area contributed by atoms with Gasteiger partial charge in [-0.15, -0.1) is 0 Å². The van der Waals surface area contributed by atoms with E-state index in [1.54, 1.807) is 40.9 Å². The maximum Gasteiger partial charge on any atom is 0.488 e. The van der Waals surface area contributed by atoms with Crippen LogP contribution in [0.4, 0.5) is 5.95 Å². The Hall–Kier alpha value is -3.83. The molecule has 3 aromatic heterocycles. The average molecular weight is 389 g/mol. The molecular weight excluding hydrogens is 373 g/mol. The molecule has 0 saturated carbocycles. The highest BCUT2D eigenvalue weighted by molar-refractivity contribution is 6.58. The summed E-state index contributed by atoms with van der Waals surface area (Å²) < 4.78 is 1.69. The third kappa shape index (κ3) is 3.77.